The van der Waals surface area contributed by atoms with E-state index in [-0.39, 0.29) is 25.4 Å². The molecule has 0 saturated carbocycles. The fourth-order valence-electron chi connectivity index (χ4n) is 2.82. The SMILES string of the molecule is CCCCCCCCOC(=O)CCCCC(=O)OCCCCCCCC.S. The second-order valence-corrected chi connectivity index (χ2v) is 7.18. The van der Waals surface area contributed by atoms with Gasteiger partial charge in [0, 0.05) is 12.8 Å². The number of ether oxygens (including phenoxy) is 2. The third-order valence-corrected chi connectivity index (χ3v) is 4.53. The molecule has 0 atom stereocenters. The molecule has 0 aromatic carbocycles. The monoisotopic (exact) mass is 404 g/mol. The van der Waals surface area contributed by atoms with Crippen molar-refractivity contribution < 1.29 is 19.1 Å². The maximum absolute atomic E-state index is 11.6. The van der Waals surface area contributed by atoms with Gasteiger partial charge in [0.1, 0.15) is 0 Å². The Balaban J connectivity index is 0. The van der Waals surface area contributed by atoms with Crippen molar-refractivity contribution in [2.45, 2.75) is 117 Å². The van der Waals surface area contributed by atoms with Crippen molar-refractivity contribution in [1.82, 2.24) is 0 Å². The van der Waals surface area contributed by atoms with Gasteiger partial charge < -0.3 is 9.47 Å². The molecule has 0 amide bonds. The van der Waals surface area contributed by atoms with Crippen molar-refractivity contribution in [2.75, 3.05) is 13.2 Å². The topological polar surface area (TPSA) is 52.6 Å². The fraction of sp³-hybridized carbons (Fsp3) is 0.909. The molecule has 0 fully saturated rings. The molecular weight excluding hydrogens is 360 g/mol. The van der Waals surface area contributed by atoms with E-state index in [1.807, 2.05) is 0 Å². The van der Waals surface area contributed by atoms with E-state index in [1.165, 1.54) is 51.4 Å². The number of hydrogen-bond donors (Lipinski definition) is 0. The zero-order valence-corrected chi connectivity index (χ0v) is 18.9. The predicted octanol–water partition coefficient (Wildman–Crippen LogP) is 6.47. The molecule has 0 unspecified atom stereocenters. The molecule has 0 N–H and O–H groups in total. The largest absolute Gasteiger partial charge is 0.466 e. The van der Waals surface area contributed by atoms with Gasteiger partial charge in [-0.05, 0) is 25.7 Å². The molecule has 162 valence electrons. The third kappa shape index (κ3) is 23.3. The smallest absolute Gasteiger partial charge is 0.305 e. The van der Waals surface area contributed by atoms with Crippen LogP contribution in [0.1, 0.15) is 117 Å². The van der Waals surface area contributed by atoms with E-state index >= 15 is 0 Å². The van der Waals surface area contributed by atoms with Crippen molar-refractivity contribution in [3.8, 4) is 0 Å². The number of carbonyl (C=O) groups is 2. The molecule has 0 aliphatic rings. The molecule has 4 nitrogen and oxygen atoms in total. The zero-order chi connectivity index (χ0) is 19.3. The minimum absolute atomic E-state index is 0. The van der Waals surface area contributed by atoms with Gasteiger partial charge in [0.25, 0.3) is 0 Å². The van der Waals surface area contributed by atoms with Crippen LogP contribution in [-0.4, -0.2) is 25.2 Å². The normalized spacial score (nSPS) is 10.3. The molecule has 0 bridgehead atoms. The van der Waals surface area contributed by atoms with E-state index in [1.54, 1.807) is 0 Å². The zero-order valence-electron chi connectivity index (χ0n) is 17.9. The first kappa shape index (κ1) is 28.5. The minimum Gasteiger partial charge on any atom is -0.466 e. The predicted molar refractivity (Wildman–Crippen MR) is 118 cm³/mol. The van der Waals surface area contributed by atoms with Crippen LogP contribution in [-0.2, 0) is 19.1 Å². The summed E-state index contributed by atoms with van der Waals surface area (Å²) in [7, 11) is 0. The molecular formula is C22H44O4S. The Morgan fingerprint density at radius 3 is 1.22 bits per heavy atom. The molecule has 0 heterocycles. The van der Waals surface area contributed by atoms with Crippen molar-refractivity contribution in [3.05, 3.63) is 0 Å². The van der Waals surface area contributed by atoms with Crippen molar-refractivity contribution in [2.24, 2.45) is 0 Å². The van der Waals surface area contributed by atoms with Crippen LogP contribution in [0.3, 0.4) is 0 Å². The van der Waals surface area contributed by atoms with Crippen LogP contribution < -0.4 is 0 Å². The highest BCUT2D eigenvalue weighted by molar-refractivity contribution is 7.59. The first-order chi connectivity index (χ1) is 12.7. The quantitative estimate of drug-likeness (QED) is 0.183. The summed E-state index contributed by atoms with van der Waals surface area (Å²) >= 11 is 0. The summed E-state index contributed by atoms with van der Waals surface area (Å²) in [6.45, 7) is 5.48. The van der Waals surface area contributed by atoms with E-state index in [2.05, 4.69) is 13.8 Å². The second kappa shape index (κ2) is 23.3. The molecule has 0 aliphatic heterocycles. The molecule has 0 spiro atoms. The Kier molecular flexibility index (Phi) is 24.6. The molecule has 0 aromatic rings. The van der Waals surface area contributed by atoms with Crippen molar-refractivity contribution in [1.29, 1.82) is 0 Å². The minimum atomic E-state index is -0.140. The van der Waals surface area contributed by atoms with Crippen LogP contribution in [0.5, 0.6) is 0 Å². The number of unbranched alkanes of at least 4 members (excludes halogenated alkanes) is 11. The van der Waals surface area contributed by atoms with Gasteiger partial charge in [-0.2, -0.15) is 13.5 Å². The Labute approximate surface area is 174 Å². The number of hydrogen-bond acceptors (Lipinski definition) is 4. The van der Waals surface area contributed by atoms with E-state index < -0.39 is 0 Å². The summed E-state index contributed by atoms with van der Waals surface area (Å²) in [5.41, 5.74) is 0. The van der Waals surface area contributed by atoms with E-state index in [4.69, 9.17) is 9.47 Å². The van der Waals surface area contributed by atoms with Crippen molar-refractivity contribution in [3.63, 3.8) is 0 Å². The number of carbonyl (C=O) groups excluding carboxylic acids is 2. The average molecular weight is 405 g/mol. The van der Waals surface area contributed by atoms with E-state index in [0.717, 1.165) is 25.7 Å². The maximum Gasteiger partial charge on any atom is 0.305 e. The first-order valence-corrected chi connectivity index (χ1v) is 11.0. The van der Waals surface area contributed by atoms with Gasteiger partial charge >= 0.3 is 11.9 Å². The first-order valence-electron chi connectivity index (χ1n) is 11.0. The fourth-order valence-corrected chi connectivity index (χ4v) is 2.82. The van der Waals surface area contributed by atoms with Crippen LogP contribution in [0, 0.1) is 0 Å². The van der Waals surface area contributed by atoms with Crippen LogP contribution in [0.4, 0.5) is 0 Å². The van der Waals surface area contributed by atoms with Crippen LogP contribution in [0.15, 0.2) is 0 Å². The van der Waals surface area contributed by atoms with Gasteiger partial charge in [0.05, 0.1) is 13.2 Å². The van der Waals surface area contributed by atoms with E-state index in [9.17, 15) is 9.59 Å². The average Bonchev–Trinajstić information content (AvgIpc) is 2.64. The number of esters is 2. The molecule has 27 heavy (non-hydrogen) atoms. The van der Waals surface area contributed by atoms with Crippen LogP contribution in [0.2, 0.25) is 0 Å². The number of rotatable bonds is 19. The lowest BCUT2D eigenvalue weighted by Gasteiger charge is -2.06. The Morgan fingerprint density at radius 2 is 0.852 bits per heavy atom. The Bertz CT molecular complexity index is 302. The standard InChI is InChI=1S/C22H42O4.H2S/c1-3-5-7-9-11-15-19-25-21(23)17-13-14-18-22(24)26-20-16-12-10-8-6-4-2;/h3-20H2,1-2H3;1H2. The van der Waals surface area contributed by atoms with Gasteiger partial charge in [0.15, 0.2) is 0 Å². The van der Waals surface area contributed by atoms with Gasteiger partial charge in [-0.15, -0.1) is 0 Å². The maximum atomic E-state index is 11.6. The Hall–Kier alpha value is -0.710. The van der Waals surface area contributed by atoms with Gasteiger partial charge in [-0.25, -0.2) is 0 Å². The van der Waals surface area contributed by atoms with Gasteiger partial charge in [-0.1, -0.05) is 78.1 Å². The van der Waals surface area contributed by atoms with Crippen LogP contribution in [0.25, 0.3) is 0 Å². The lowest BCUT2D eigenvalue weighted by Crippen LogP contribution is -2.08. The summed E-state index contributed by atoms with van der Waals surface area (Å²) < 4.78 is 10.4. The summed E-state index contributed by atoms with van der Waals surface area (Å²) in [4.78, 5) is 23.2. The lowest BCUT2D eigenvalue weighted by atomic mass is 10.1. The molecule has 0 saturated heterocycles. The molecule has 0 aromatic heterocycles. The summed E-state index contributed by atoms with van der Waals surface area (Å²) in [5, 5.41) is 0. The van der Waals surface area contributed by atoms with Crippen molar-refractivity contribution >= 4 is 25.4 Å². The molecule has 5 heteroatoms. The van der Waals surface area contributed by atoms with Gasteiger partial charge in [0.2, 0.25) is 0 Å². The lowest BCUT2D eigenvalue weighted by molar-refractivity contribution is -0.146. The van der Waals surface area contributed by atoms with Crippen LogP contribution >= 0.6 is 13.5 Å². The highest BCUT2D eigenvalue weighted by Crippen LogP contribution is 2.08. The summed E-state index contributed by atoms with van der Waals surface area (Å²) in [5.74, 6) is -0.280. The summed E-state index contributed by atoms with van der Waals surface area (Å²) in [6, 6.07) is 0. The third-order valence-electron chi connectivity index (χ3n) is 4.53. The second-order valence-electron chi connectivity index (χ2n) is 7.18. The Morgan fingerprint density at radius 1 is 0.519 bits per heavy atom. The highest BCUT2D eigenvalue weighted by atomic mass is 32.1. The van der Waals surface area contributed by atoms with Gasteiger partial charge in [-0.3, -0.25) is 9.59 Å². The highest BCUT2D eigenvalue weighted by Gasteiger charge is 2.06. The summed E-state index contributed by atoms with van der Waals surface area (Å²) in [6.07, 6.45) is 16.5. The molecule has 0 rings (SSSR count). The molecule has 0 radical (unpaired) electrons. The molecule has 0 aliphatic carbocycles. The van der Waals surface area contributed by atoms with E-state index in [0.29, 0.717) is 38.9 Å².